The summed E-state index contributed by atoms with van der Waals surface area (Å²) in [7, 11) is 1.75. The van der Waals surface area contributed by atoms with E-state index in [2.05, 4.69) is 36.7 Å². The summed E-state index contributed by atoms with van der Waals surface area (Å²) in [5.41, 5.74) is 1.37. The molecule has 0 bridgehead atoms. The highest BCUT2D eigenvalue weighted by Crippen LogP contribution is 2.38. The molecule has 1 aliphatic heterocycles. The van der Waals surface area contributed by atoms with Gasteiger partial charge in [-0.05, 0) is 50.8 Å². The molecule has 0 amide bonds. The molecule has 16 heavy (non-hydrogen) atoms. The zero-order valence-electron chi connectivity index (χ0n) is 10.2. The van der Waals surface area contributed by atoms with Crippen molar-refractivity contribution in [3.8, 4) is 5.75 Å². The van der Waals surface area contributed by atoms with Crippen LogP contribution in [0.1, 0.15) is 25.3 Å². The van der Waals surface area contributed by atoms with E-state index >= 15 is 0 Å². The van der Waals surface area contributed by atoms with Gasteiger partial charge >= 0.3 is 0 Å². The summed E-state index contributed by atoms with van der Waals surface area (Å²) in [5, 5.41) is 3.59. The first-order valence-electron chi connectivity index (χ1n) is 5.67. The Hall–Kier alpha value is -0.670. The fourth-order valence-electron chi connectivity index (χ4n) is 2.37. The van der Waals surface area contributed by atoms with E-state index in [0.717, 1.165) is 12.3 Å². The maximum atomic E-state index is 5.47. The van der Waals surface area contributed by atoms with Gasteiger partial charge in [0.2, 0.25) is 0 Å². The van der Waals surface area contributed by atoms with Gasteiger partial charge in [-0.1, -0.05) is 0 Å². The van der Waals surface area contributed by atoms with Gasteiger partial charge in [0.25, 0.3) is 0 Å². The Balaban J connectivity index is 2.43. The van der Waals surface area contributed by atoms with E-state index in [9.17, 15) is 0 Å². The summed E-state index contributed by atoms with van der Waals surface area (Å²) < 4.78 is 5.47. The van der Waals surface area contributed by atoms with Gasteiger partial charge in [0.15, 0.2) is 0 Å². The summed E-state index contributed by atoms with van der Waals surface area (Å²) in [6.07, 6.45) is 4.53. The second-order valence-corrected chi connectivity index (χ2v) is 5.31. The minimum absolute atomic E-state index is 0.0804. The highest BCUT2D eigenvalue weighted by atomic mass is 32.2. The summed E-state index contributed by atoms with van der Waals surface area (Å²) in [4.78, 5) is 1.30. The van der Waals surface area contributed by atoms with Crippen LogP contribution in [0.5, 0.6) is 5.75 Å². The fourth-order valence-corrected chi connectivity index (χ4v) is 2.81. The quantitative estimate of drug-likeness (QED) is 0.817. The zero-order chi connectivity index (χ0) is 11.6. The molecule has 1 heterocycles. The van der Waals surface area contributed by atoms with Crippen LogP contribution >= 0.6 is 11.8 Å². The van der Waals surface area contributed by atoms with Crippen LogP contribution in [-0.4, -0.2) is 19.9 Å². The van der Waals surface area contributed by atoms with Crippen molar-refractivity contribution in [2.45, 2.75) is 30.2 Å². The molecular weight excluding hydrogens is 218 g/mol. The lowest BCUT2D eigenvalue weighted by atomic mass is 9.90. The molecule has 0 spiro atoms. The molecule has 0 saturated carbocycles. The molecule has 0 radical (unpaired) electrons. The molecule has 1 aliphatic rings. The Morgan fingerprint density at radius 2 is 2.25 bits per heavy atom. The normalized spacial score (nSPS) is 24.7. The standard InChI is InChI=1S/C13H19NOS/c1-13(7-4-8-14-13)11-9-10(16-3)5-6-12(11)15-2/h5-6,9,14H,4,7-8H2,1-3H3. The average molecular weight is 237 g/mol. The van der Waals surface area contributed by atoms with Crippen molar-refractivity contribution in [1.82, 2.24) is 5.32 Å². The van der Waals surface area contributed by atoms with Gasteiger partial charge in [-0.15, -0.1) is 11.8 Å². The molecule has 0 aliphatic carbocycles. The molecule has 1 fully saturated rings. The molecule has 0 aromatic heterocycles. The topological polar surface area (TPSA) is 21.3 Å². The summed E-state index contributed by atoms with van der Waals surface area (Å²) >= 11 is 1.78. The molecule has 1 N–H and O–H groups in total. The average Bonchev–Trinajstić information content (AvgIpc) is 2.76. The van der Waals surface area contributed by atoms with Crippen LogP contribution in [0.2, 0.25) is 0 Å². The first-order valence-corrected chi connectivity index (χ1v) is 6.89. The largest absolute Gasteiger partial charge is 0.496 e. The third kappa shape index (κ3) is 2.06. The Kier molecular flexibility index (Phi) is 3.45. The molecule has 3 heteroatoms. The van der Waals surface area contributed by atoms with Crippen LogP contribution in [0.4, 0.5) is 0 Å². The number of rotatable bonds is 3. The second kappa shape index (κ2) is 4.68. The third-order valence-electron chi connectivity index (χ3n) is 3.37. The zero-order valence-corrected chi connectivity index (χ0v) is 11.0. The van der Waals surface area contributed by atoms with Crippen molar-refractivity contribution in [1.29, 1.82) is 0 Å². The number of methoxy groups -OCH3 is 1. The highest BCUT2D eigenvalue weighted by molar-refractivity contribution is 7.98. The first-order chi connectivity index (χ1) is 7.69. The summed E-state index contributed by atoms with van der Waals surface area (Å²) in [6, 6.07) is 6.44. The van der Waals surface area contributed by atoms with Gasteiger partial charge in [0.05, 0.1) is 7.11 Å². The van der Waals surface area contributed by atoms with E-state index in [1.54, 1.807) is 18.9 Å². The molecule has 1 aromatic carbocycles. The van der Waals surface area contributed by atoms with Gasteiger partial charge in [-0.25, -0.2) is 0 Å². The summed E-state index contributed by atoms with van der Waals surface area (Å²) in [5.74, 6) is 0.995. The van der Waals surface area contributed by atoms with E-state index in [-0.39, 0.29) is 5.54 Å². The van der Waals surface area contributed by atoms with Crippen LogP contribution in [-0.2, 0) is 5.54 Å². The number of thioether (sulfide) groups is 1. The molecule has 2 rings (SSSR count). The van der Waals surface area contributed by atoms with Crippen molar-refractivity contribution in [3.63, 3.8) is 0 Å². The lowest BCUT2D eigenvalue weighted by molar-refractivity contribution is 0.370. The number of ether oxygens (including phenoxy) is 1. The minimum Gasteiger partial charge on any atom is -0.496 e. The van der Waals surface area contributed by atoms with E-state index in [1.165, 1.54) is 23.3 Å². The molecule has 1 atom stereocenters. The lowest BCUT2D eigenvalue weighted by Gasteiger charge is -2.27. The Labute approximate surface area is 102 Å². The second-order valence-electron chi connectivity index (χ2n) is 4.43. The smallest absolute Gasteiger partial charge is 0.123 e. The molecule has 88 valence electrons. The predicted molar refractivity (Wildman–Crippen MR) is 69.4 cm³/mol. The van der Waals surface area contributed by atoms with Crippen molar-refractivity contribution in [2.75, 3.05) is 19.9 Å². The monoisotopic (exact) mass is 237 g/mol. The van der Waals surface area contributed by atoms with E-state index in [0.29, 0.717) is 0 Å². The minimum atomic E-state index is 0.0804. The van der Waals surface area contributed by atoms with E-state index in [1.807, 2.05) is 0 Å². The van der Waals surface area contributed by atoms with E-state index < -0.39 is 0 Å². The van der Waals surface area contributed by atoms with E-state index in [4.69, 9.17) is 4.74 Å². The number of hydrogen-bond donors (Lipinski definition) is 1. The lowest BCUT2D eigenvalue weighted by Crippen LogP contribution is -2.33. The summed E-state index contributed by atoms with van der Waals surface area (Å²) in [6.45, 7) is 3.37. The van der Waals surface area contributed by atoms with Crippen LogP contribution in [0.3, 0.4) is 0 Å². The molecule has 1 aromatic rings. The van der Waals surface area contributed by atoms with Crippen molar-refractivity contribution < 1.29 is 4.74 Å². The molecular formula is C13H19NOS. The maximum Gasteiger partial charge on any atom is 0.123 e. The van der Waals surface area contributed by atoms with Gasteiger partial charge in [0.1, 0.15) is 5.75 Å². The Bertz CT molecular complexity index is 372. The predicted octanol–water partition coefficient (Wildman–Crippen LogP) is 3.02. The third-order valence-corrected chi connectivity index (χ3v) is 4.10. The van der Waals surface area contributed by atoms with Crippen LogP contribution < -0.4 is 10.1 Å². The van der Waals surface area contributed by atoms with Crippen LogP contribution in [0.25, 0.3) is 0 Å². The van der Waals surface area contributed by atoms with Crippen LogP contribution in [0.15, 0.2) is 23.1 Å². The Morgan fingerprint density at radius 3 is 2.81 bits per heavy atom. The SMILES string of the molecule is COc1ccc(SC)cc1C1(C)CCCN1. The Morgan fingerprint density at radius 1 is 1.44 bits per heavy atom. The van der Waals surface area contributed by atoms with Crippen LogP contribution in [0, 0.1) is 0 Å². The van der Waals surface area contributed by atoms with Gasteiger partial charge in [-0.3, -0.25) is 0 Å². The van der Waals surface area contributed by atoms with Gasteiger partial charge in [-0.2, -0.15) is 0 Å². The van der Waals surface area contributed by atoms with Crippen molar-refractivity contribution in [2.24, 2.45) is 0 Å². The molecule has 1 saturated heterocycles. The number of hydrogen-bond acceptors (Lipinski definition) is 3. The molecule has 2 nitrogen and oxygen atoms in total. The maximum absolute atomic E-state index is 5.47. The highest BCUT2D eigenvalue weighted by Gasteiger charge is 2.32. The molecule has 1 unspecified atom stereocenters. The number of benzene rings is 1. The van der Waals surface area contributed by atoms with Gasteiger partial charge < -0.3 is 10.1 Å². The van der Waals surface area contributed by atoms with Crippen molar-refractivity contribution >= 4 is 11.8 Å². The number of nitrogens with one attached hydrogen (secondary N) is 1. The van der Waals surface area contributed by atoms with Gasteiger partial charge in [0, 0.05) is 16.0 Å². The first kappa shape index (κ1) is 11.8. The fraction of sp³-hybridized carbons (Fsp3) is 0.538. The van der Waals surface area contributed by atoms with Crippen molar-refractivity contribution in [3.05, 3.63) is 23.8 Å².